The molecule has 4 aliphatic rings. The van der Waals surface area contributed by atoms with Gasteiger partial charge in [-0.2, -0.15) is 0 Å². The Balaban J connectivity index is 1.44. The second-order valence-corrected chi connectivity index (χ2v) is 7.19. The number of nitrogens with zero attached hydrogens (tertiary/aromatic N) is 1. The Labute approximate surface area is 122 Å². The van der Waals surface area contributed by atoms with E-state index >= 15 is 0 Å². The average molecular weight is 271 g/mol. The molecule has 5 rings (SSSR count). The lowest BCUT2D eigenvalue weighted by molar-refractivity contribution is -0.278. The SMILES string of the molecule is CN(CCc1ccccc1)C12C[C@@H]3CC(C[C@@H](C3)C1)O2. The average Bonchev–Trinajstić information content (AvgIpc) is 2.44. The van der Waals surface area contributed by atoms with Crippen molar-refractivity contribution < 1.29 is 4.74 Å². The van der Waals surface area contributed by atoms with Gasteiger partial charge in [-0.3, -0.25) is 4.90 Å². The van der Waals surface area contributed by atoms with E-state index in [1.54, 1.807) is 0 Å². The zero-order valence-electron chi connectivity index (χ0n) is 12.4. The monoisotopic (exact) mass is 271 g/mol. The van der Waals surface area contributed by atoms with Crippen molar-refractivity contribution in [2.24, 2.45) is 11.8 Å². The van der Waals surface area contributed by atoms with Crippen LogP contribution in [-0.2, 0) is 11.2 Å². The maximum absolute atomic E-state index is 6.49. The summed E-state index contributed by atoms with van der Waals surface area (Å²) in [5.74, 6) is 1.86. The third kappa shape index (κ3) is 2.19. The van der Waals surface area contributed by atoms with Crippen LogP contribution in [0, 0.1) is 11.8 Å². The second kappa shape index (κ2) is 4.85. The summed E-state index contributed by atoms with van der Waals surface area (Å²) in [6, 6.07) is 10.8. The maximum atomic E-state index is 6.49. The molecule has 2 saturated carbocycles. The Morgan fingerprint density at radius 2 is 1.80 bits per heavy atom. The lowest BCUT2D eigenvalue weighted by Gasteiger charge is -2.59. The summed E-state index contributed by atoms with van der Waals surface area (Å²) >= 11 is 0. The first-order valence-corrected chi connectivity index (χ1v) is 8.16. The fraction of sp³-hybridized carbons (Fsp3) is 0.667. The topological polar surface area (TPSA) is 12.5 Å². The van der Waals surface area contributed by atoms with Gasteiger partial charge >= 0.3 is 0 Å². The third-order valence-corrected chi connectivity index (χ3v) is 5.73. The Kier molecular flexibility index (Phi) is 3.12. The van der Waals surface area contributed by atoms with Crippen LogP contribution in [0.15, 0.2) is 30.3 Å². The Morgan fingerprint density at radius 3 is 2.45 bits per heavy atom. The summed E-state index contributed by atoms with van der Waals surface area (Å²) < 4.78 is 6.49. The zero-order chi connectivity index (χ0) is 13.6. The molecule has 4 atom stereocenters. The molecular weight excluding hydrogens is 246 g/mol. The van der Waals surface area contributed by atoms with E-state index in [1.807, 2.05) is 0 Å². The molecule has 2 nitrogen and oxygen atoms in total. The summed E-state index contributed by atoms with van der Waals surface area (Å²) in [6.45, 7) is 1.11. The van der Waals surface area contributed by atoms with Crippen LogP contribution < -0.4 is 0 Å². The second-order valence-electron chi connectivity index (χ2n) is 7.19. The molecule has 0 amide bonds. The quantitative estimate of drug-likeness (QED) is 0.831. The van der Waals surface area contributed by atoms with Gasteiger partial charge in [0.05, 0.1) is 6.10 Å². The minimum Gasteiger partial charge on any atom is -0.357 e. The van der Waals surface area contributed by atoms with Crippen molar-refractivity contribution >= 4 is 0 Å². The highest BCUT2D eigenvalue weighted by Crippen LogP contribution is 2.53. The lowest BCUT2D eigenvalue weighted by Crippen LogP contribution is -2.62. The minimum atomic E-state index is 0.0729. The Morgan fingerprint density at radius 1 is 1.10 bits per heavy atom. The molecule has 1 aromatic rings. The summed E-state index contributed by atoms with van der Waals surface area (Å²) in [5, 5.41) is 0. The molecule has 0 N–H and O–H groups in total. The van der Waals surface area contributed by atoms with Crippen LogP contribution in [0.2, 0.25) is 0 Å². The highest BCUT2D eigenvalue weighted by atomic mass is 16.5. The number of rotatable bonds is 4. The van der Waals surface area contributed by atoms with E-state index in [4.69, 9.17) is 4.74 Å². The predicted molar refractivity (Wildman–Crippen MR) is 80.4 cm³/mol. The minimum absolute atomic E-state index is 0.0729. The molecule has 2 heterocycles. The number of hydrogen-bond acceptors (Lipinski definition) is 2. The summed E-state index contributed by atoms with van der Waals surface area (Å²) in [7, 11) is 2.27. The first-order chi connectivity index (χ1) is 9.73. The van der Waals surface area contributed by atoms with Gasteiger partial charge in [0, 0.05) is 6.54 Å². The van der Waals surface area contributed by atoms with Gasteiger partial charge in [-0.05, 0) is 63.0 Å². The molecule has 20 heavy (non-hydrogen) atoms. The number of hydrogen-bond donors (Lipinski definition) is 0. The van der Waals surface area contributed by atoms with Crippen molar-refractivity contribution in [3.05, 3.63) is 35.9 Å². The fourth-order valence-corrected chi connectivity index (χ4v) is 4.87. The largest absolute Gasteiger partial charge is 0.357 e. The molecule has 2 saturated heterocycles. The van der Waals surface area contributed by atoms with Gasteiger partial charge in [0.2, 0.25) is 0 Å². The van der Waals surface area contributed by atoms with Gasteiger partial charge in [-0.1, -0.05) is 30.3 Å². The summed E-state index contributed by atoms with van der Waals surface area (Å²) in [6.07, 6.45) is 8.34. The van der Waals surface area contributed by atoms with Crippen LogP contribution in [0.1, 0.15) is 37.7 Å². The van der Waals surface area contributed by atoms with Crippen molar-refractivity contribution in [3.63, 3.8) is 0 Å². The van der Waals surface area contributed by atoms with Crippen LogP contribution in [0.3, 0.4) is 0 Å². The van der Waals surface area contributed by atoms with Crippen molar-refractivity contribution in [2.75, 3.05) is 13.6 Å². The summed E-state index contributed by atoms with van der Waals surface area (Å²) in [5.41, 5.74) is 1.51. The van der Waals surface area contributed by atoms with Gasteiger partial charge in [-0.25, -0.2) is 0 Å². The van der Waals surface area contributed by atoms with Crippen molar-refractivity contribution in [1.82, 2.24) is 4.90 Å². The maximum Gasteiger partial charge on any atom is 0.122 e. The van der Waals surface area contributed by atoms with E-state index in [1.165, 1.54) is 37.7 Å². The van der Waals surface area contributed by atoms with Crippen molar-refractivity contribution in [2.45, 2.75) is 50.4 Å². The molecule has 0 aromatic heterocycles. The van der Waals surface area contributed by atoms with E-state index in [2.05, 4.69) is 42.3 Å². The zero-order valence-corrected chi connectivity index (χ0v) is 12.4. The molecule has 0 radical (unpaired) electrons. The van der Waals surface area contributed by atoms with Crippen LogP contribution in [0.25, 0.3) is 0 Å². The van der Waals surface area contributed by atoms with E-state index in [0.717, 1.165) is 24.8 Å². The first-order valence-electron chi connectivity index (χ1n) is 8.16. The lowest BCUT2D eigenvalue weighted by atomic mass is 9.64. The Hall–Kier alpha value is -0.860. The molecule has 0 spiro atoms. The molecule has 2 aliphatic heterocycles. The number of likely N-dealkylation sites (N-methyl/N-ethyl adjacent to an activating group) is 1. The van der Waals surface area contributed by atoms with Crippen LogP contribution >= 0.6 is 0 Å². The summed E-state index contributed by atoms with van der Waals surface area (Å²) in [4.78, 5) is 2.52. The number of benzene rings is 1. The Bertz CT molecular complexity index is 434. The third-order valence-electron chi connectivity index (χ3n) is 5.73. The van der Waals surface area contributed by atoms with Crippen LogP contribution in [0.4, 0.5) is 0 Å². The smallest absolute Gasteiger partial charge is 0.122 e. The van der Waals surface area contributed by atoms with E-state index in [9.17, 15) is 0 Å². The van der Waals surface area contributed by atoms with Crippen molar-refractivity contribution in [1.29, 1.82) is 0 Å². The van der Waals surface area contributed by atoms with E-state index in [-0.39, 0.29) is 5.72 Å². The predicted octanol–water partition coefficient (Wildman–Crippen LogP) is 3.47. The van der Waals surface area contributed by atoms with E-state index < -0.39 is 0 Å². The first kappa shape index (κ1) is 12.8. The standard InChI is InChI=1S/C18H25NO/c1-19(8-7-14-5-3-2-4-6-14)18-12-15-9-16(13-18)11-17(10-15)20-18/h2-6,15-17H,7-13H2,1H3/t15-,16+,17?,18?. The van der Waals surface area contributed by atoms with Gasteiger partial charge < -0.3 is 4.74 Å². The van der Waals surface area contributed by atoms with Crippen molar-refractivity contribution in [3.8, 4) is 0 Å². The molecular formula is C18H25NO. The normalized spacial score (nSPS) is 38.6. The highest BCUT2D eigenvalue weighted by Gasteiger charge is 2.53. The molecule has 4 fully saturated rings. The molecule has 2 aliphatic carbocycles. The van der Waals surface area contributed by atoms with Gasteiger partial charge in [-0.15, -0.1) is 0 Å². The number of ether oxygens (including phenoxy) is 1. The van der Waals surface area contributed by atoms with Gasteiger partial charge in [0.15, 0.2) is 0 Å². The molecule has 2 unspecified atom stereocenters. The molecule has 1 aromatic carbocycles. The van der Waals surface area contributed by atoms with Gasteiger partial charge in [0.25, 0.3) is 0 Å². The molecule has 4 bridgehead atoms. The fourth-order valence-electron chi connectivity index (χ4n) is 4.87. The van der Waals surface area contributed by atoms with Gasteiger partial charge in [0.1, 0.15) is 5.72 Å². The molecule has 108 valence electrons. The van der Waals surface area contributed by atoms with Crippen LogP contribution in [0.5, 0.6) is 0 Å². The highest BCUT2D eigenvalue weighted by molar-refractivity contribution is 5.15. The van der Waals surface area contributed by atoms with E-state index in [0.29, 0.717) is 6.10 Å². The van der Waals surface area contributed by atoms with Crippen LogP contribution in [-0.4, -0.2) is 30.3 Å². The molecule has 2 heteroatoms.